The molecule has 17 heavy (non-hydrogen) atoms. The summed E-state index contributed by atoms with van der Waals surface area (Å²) in [5.41, 5.74) is 4.92. The fourth-order valence-electron chi connectivity index (χ4n) is 5.94. The molecular formula is C17H30. The quantitative estimate of drug-likeness (QED) is 0.489. The Kier molecular flexibility index (Phi) is 2.08. The van der Waals surface area contributed by atoms with Crippen LogP contribution < -0.4 is 0 Å². The van der Waals surface area contributed by atoms with Gasteiger partial charge in [-0.05, 0) is 40.9 Å². The van der Waals surface area contributed by atoms with Crippen LogP contribution in [0.5, 0.6) is 0 Å². The molecule has 0 N–H and O–H groups in total. The van der Waals surface area contributed by atoms with Gasteiger partial charge in [0.05, 0.1) is 0 Å². The molecular weight excluding hydrogens is 204 g/mol. The van der Waals surface area contributed by atoms with Gasteiger partial charge >= 0.3 is 0 Å². The highest BCUT2D eigenvalue weighted by Crippen LogP contribution is 2.85. The van der Waals surface area contributed by atoms with Crippen LogP contribution in [0.1, 0.15) is 69.2 Å². The van der Waals surface area contributed by atoms with Gasteiger partial charge in [-0.1, -0.05) is 66.5 Å². The zero-order valence-corrected chi connectivity index (χ0v) is 13.5. The van der Waals surface area contributed by atoms with Gasteiger partial charge in [0.15, 0.2) is 0 Å². The highest BCUT2D eigenvalue weighted by atomic mass is 14.8. The average Bonchev–Trinajstić information content (AvgIpc) is 2.33. The molecule has 0 saturated heterocycles. The van der Waals surface area contributed by atoms with E-state index in [1.807, 2.05) is 0 Å². The van der Waals surface area contributed by atoms with Crippen LogP contribution in [0.4, 0.5) is 0 Å². The van der Waals surface area contributed by atoms with Crippen LogP contribution in [0.2, 0.25) is 0 Å². The van der Waals surface area contributed by atoms with Crippen molar-refractivity contribution >= 4 is 0 Å². The molecule has 1 fully saturated rings. The lowest BCUT2D eigenvalue weighted by molar-refractivity contribution is 0.0101. The summed E-state index contributed by atoms with van der Waals surface area (Å²) >= 11 is 0. The molecule has 0 heteroatoms. The van der Waals surface area contributed by atoms with Crippen LogP contribution in [0.25, 0.3) is 0 Å². The molecule has 0 amide bonds. The fourth-order valence-corrected chi connectivity index (χ4v) is 5.94. The summed E-state index contributed by atoms with van der Waals surface area (Å²) in [7, 11) is 0. The molecule has 0 aromatic carbocycles. The van der Waals surface area contributed by atoms with Crippen molar-refractivity contribution in [3.05, 3.63) is 11.1 Å². The monoisotopic (exact) mass is 234 g/mol. The summed E-state index contributed by atoms with van der Waals surface area (Å²) in [6.07, 6.45) is 0. The number of fused-ring (bicyclic) bond motifs is 2. The highest BCUT2D eigenvalue weighted by molar-refractivity contribution is 5.47. The summed E-state index contributed by atoms with van der Waals surface area (Å²) in [6, 6.07) is 0. The standard InChI is InChI=1S/C17H30/c1-11-12(2)17(10)14(5,6)13(3,4)16(11,9)15(17,7)8/h1-10H3. The zero-order chi connectivity index (χ0) is 13.7. The molecule has 0 nitrogen and oxygen atoms in total. The lowest BCUT2D eigenvalue weighted by Crippen LogP contribution is -2.46. The molecule has 2 aliphatic carbocycles. The van der Waals surface area contributed by atoms with Crippen LogP contribution in [0.3, 0.4) is 0 Å². The topological polar surface area (TPSA) is 0 Å². The van der Waals surface area contributed by atoms with Gasteiger partial charge in [0.25, 0.3) is 0 Å². The maximum Gasteiger partial charge on any atom is -0.0000252 e. The van der Waals surface area contributed by atoms with Crippen molar-refractivity contribution in [3.8, 4) is 0 Å². The van der Waals surface area contributed by atoms with Gasteiger partial charge in [-0.15, -0.1) is 0 Å². The minimum atomic E-state index is 0.308. The minimum Gasteiger partial charge on any atom is -0.0668 e. The van der Waals surface area contributed by atoms with Gasteiger partial charge in [0, 0.05) is 0 Å². The van der Waals surface area contributed by atoms with Crippen LogP contribution >= 0.6 is 0 Å². The highest BCUT2D eigenvalue weighted by Gasteiger charge is 2.79. The van der Waals surface area contributed by atoms with Gasteiger partial charge in [-0.2, -0.15) is 0 Å². The van der Waals surface area contributed by atoms with Crippen molar-refractivity contribution in [2.75, 3.05) is 0 Å². The van der Waals surface area contributed by atoms with E-state index in [2.05, 4.69) is 69.2 Å². The van der Waals surface area contributed by atoms with E-state index in [1.54, 1.807) is 11.1 Å². The van der Waals surface area contributed by atoms with Crippen molar-refractivity contribution in [2.45, 2.75) is 69.2 Å². The van der Waals surface area contributed by atoms with E-state index in [-0.39, 0.29) is 0 Å². The first-order chi connectivity index (χ1) is 7.32. The Morgan fingerprint density at radius 2 is 0.706 bits per heavy atom. The number of hydrogen-bond acceptors (Lipinski definition) is 0. The van der Waals surface area contributed by atoms with E-state index in [0.29, 0.717) is 27.1 Å². The van der Waals surface area contributed by atoms with Crippen molar-refractivity contribution in [2.24, 2.45) is 27.1 Å². The van der Waals surface area contributed by atoms with E-state index < -0.39 is 0 Å². The van der Waals surface area contributed by atoms with E-state index >= 15 is 0 Å². The maximum absolute atomic E-state index is 2.51. The summed E-state index contributed by atoms with van der Waals surface area (Å²) in [4.78, 5) is 0. The molecule has 2 aliphatic rings. The van der Waals surface area contributed by atoms with Gasteiger partial charge < -0.3 is 0 Å². The number of allylic oxidation sites excluding steroid dienone is 2. The molecule has 0 aromatic rings. The molecule has 2 unspecified atom stereocenters. The first-order valence-corrected chi connectivity index (χ1v) is 7.00. The van der Waals surface area contributed by atoms with Crippen LogP contribution in [0.15, 0.2) is 11.1 Å². The Hall–Kier alpha value is -0.260. The third kappa shape index (κ3) is 0.805. The third-order valence-corrected chi connectivity index (χ3v) is 8.62. The van der Waals surface area contributed by atoms with Gasteiger partial charge in [-0.3, -0.25) is 0 Å². The van der Waals surface area contributed by atoms with Crippen molar-refractivity contribution < 1.29 is 0 Å². The third-order valence-electron chi connectivity index (χ3n) is 8.62. The molecule has 0 aromatic heterocycles. The predicted octanol–water partition coefficient (Wildman–Crippen LogP) is 5.44. The molecule has 1 saturated carbocycles. The van der Waals surface area contributed by atoms with Crippen LogP contribution in [-0.2, 0) is 0 Å². The number of hydrogen-bond donors (Lipinski definition) is 0. The van der Waals surface area contributed by atoms with Crippen LogP contribution in [0, 0.1) is 27.1 Å². The van der Waals surface area contributed by atoms with E-state index in [1.165, 1.54) is 0 Å². The van der Waals surface area contributed by atoms with Gasteiger partial charge in [0.1, 0.15) is 0 Å². The second-order valence-electron chi connectivity index (χ2n) is 8.38. The van der Waals surface area contributed by atoms with E-state index in [9.17, 15) is 0 Å². The van der Waals surface area contributed by atoms with Gasteiger partial charge in [0.2, 0.25) is 0 Å². The average molecular weight is 234 g/mol. The lowest BCUT2D eigenvalue weighted by Gasteiger charge is -2.54. The van der Waals surface area contributed by atoms with Gasteiger partial charge in [-0.25, -0.2) is 0 Å². The molecule has 0 heterocycles. The molecule has 0 spiro atoms. The summed E-state index contributed by atoms with van der Waals surface area (Å²) in [6.45, 7) is 24.7. The summed E-state index contributed by atoms with van der Waals surface area (Å²) in [5.74, 6) is 0. The zero-order valence-electron chi connectivity index (χ0n) is 13.5. The Balaban J connectivity index is 2.93. The molecule has 2 atom stereocenters. The van der Waals surface area contributed by atoms with Crippen molar-refractivity contribution in [1.29, 1.82) is 0 Å². The smallest absolute Gasteiger partial charge is 0.0000252 e. The largest absolute Gasteiger partial charge is 0.0668 e. The second-order valence-corrected chi connectivity index (χ2v) is 8.38. The fraction of sp³-hybridized carbons (Fsp3) is 0.882. The minimum absolute atomic E-state index is 0.308. The molecule has 0 aliphatic heterocycles. The van der Waals surface area contributed by atoms with Crippen LogP contribution in [-0.4, -0.2) is 0 Å². The molecule has 2 bridgehead atoms. The summed E-state index contributed by atoms with van der Waals surface area (Å²) in [5, 5.41) is 0. The normalized spacial score (nSPS) is 45.5. The molecule has 98 valence electrons. The maximum atomic E-state index is 2.51. The van der Waals surface area contributed by atoms with Crippen molar-refractivity contribution in [1.82, 2.24) is 0 Å². The summed E-state index contributed by atoms with van der Waals surface area (Å²) < 4.78 is 0. The Morgan fingerprint density at radius 1 is 0.471 bits per heavy atom. The Morgan fingerprint density at radius 3 is 0.882 bits per heavy atom. The Bertz CT molecular complexity index is 381. The Labute approximate surface area is 108 Å². The number of rotatable bonds is 0. The molecule has 2 rings (SSSR count). The first-order valence-electron chi connectivity index (χ1n) is 7.00. The molecule has 0 radical (unpaired) electrons. The first kappa shape index (κ1) is 13.2. The van der Waals surface area contributed by atoms with E-state index in [4.69, 9.17) is 0 Å². The van der Waals surface area contributed by atoms with E-state index in [0.717, 1.165) is 0 Å². The second kappa shape index (κ2) is 2.68. The predicted molar refractivity (Wildman–Crippen MR) is 75.9 cm³/mol. The SMILES string of the molecule is CC1=C(C)C2(C)C(C)(C)C(C)(C)C1(C)C2(C)C. The lowest BCUT2D eigenvalue weighted by atomic mass is 9.50. The van der Waals surface area contributed by atoms with Crippen molar-refractivity contribution in [3.63, 3.8) is 0 Å².